The van der Waals surface area contributed by atoms with Crippen molar-refractivity contribution in [2.45, 2.75) is 25.6 Å². The van der Waals surface area contributed by atoms with Crippen molar-refractivity contribution < 1.29 is 15.0 Å². The zero-order valence-corrected chi connectivity index (χ0v) is 13.2. The largest absolute Gasteiger partial charge is 0.390 e. The Labute approximate surface area is 130 Å². The molecular formula is C12H13Cl3O3S. The topological polar surface area (TPSA) is 57.5 Å². The summed E-state index contributed by atoms with van der Waals surface area (Å²) in [5.74, 6) is 0.433. The summed E-state index contributed by atoms with van der Waals surface area (Å²) in [6, 6.07) is 2.92. The first-order valence-corrected chi connectivity index (χ1v) is 7.58. The number of aliphatic hydroxyl groups is 2. The van der Waals surface area contributed by atoms with Gasteiger partial charge in [-0.25, -0.2) is 0 Å². The summed E-state index contributed by atoms with van der Waals surface area (Å²) >= 11 is 18.6. The zero-order valence-electron chi connectivity index (χ0n) is 10.1. The Hall–Kier alpha value is 0.0300. The highest BCUT2D eigenvalue weighted by molar-refractivity contribution is 8.13. The van der Waals surface area contributed by atoms with Gasteiger partial charge in [0.2, 0.25) is 0 Å². The third-order valence-electron chi connectivity index (χ3n) is 2.43. The molecule has 0 aliphatic rings. The van der Waals surface area contributed by atoms with Gasteiger partial charge >= 0.3 is 0 Å². The van der Waals surface area contributed by atoms with Crippen LogP contribution < -0.4 is 0 Å². The Kier molecular flexibility index (Phi) is 6.94. The van der Waals surface area contributed by atoms with Crippen molar-refractivity contribution in [3.8, 4) is 0 Å². The first-order valence-electron chi connectivity index (χ1n) is 5.47. The number of rotatable bonds is 5. The van der Waals surface area contributed by atoms with Gasteiger partial charge in [0, 0.05) is 12.7 Å². The van der Waals surface area contributed by atoms with Gasteiger partial charge < -0.3 is 10.2 Å². The van der Waals surface area contributed by atoms with Gasteiger partial charge in [-0.3, -0.25) is 4.79 Å². The molecule has 0 aliphatic heterocycles. The Morgan fingerprint density at radius 2 is 1.79 bits per heavy atom. The smallest absolute Gasteiger partial charge is 0.185 e. The van der Waals surface area contributed by atoms with E-state index >= 15 is 0 Å². The van der Waals surface area contributed by atoms with E-state index in [2.05, 4.69) is 0 Å². The summed E-state index contributed by atoms with van der Waals surface area (Å²) in [7, 11) is 0. The van der Waals surface area contributed by atoms with Crippen molar-refractivity contribution in [2.24, 2.45) is 0 Å². The van der Waals surface area contributed by atoms with Gasteiger partial charge in [0.1, 0.15) is 6.10 Å². The van der Waals surface area contributed by atoms with Crippen LogP contribution in [0, 0.1) is 0 Å². The summed E-state index contributed by atoms with van der Waals surface area (Å²) in [6.45, 7) is 1.45. The molecular weight excluding hydrogens is 331 g/mol. The predicted molar refractivity (Wildman–Crippen MR) is 80.2 cm³/mol. The first-order chi connectivity index (χ1) is 8.82. The van der Waals surface area contributed by atoms with Crippen LogP contribution in [0.2, 0.25) is 15.1 Å². The molecule has 7 heteroatoms. The second kappa shape index (κ2) is 7.72. The molecule has 0 amide bonds. The lowest BCUT2D eigenvalue weighted by Gasteiger charge is -2.18. The van der Waals surface area contributed by atoms with E-state index in [0.717, 1.165) is 11.8 Å². The maximum Gasteiger partial charge on any atom is 0.185 e. The Morgan fingerprint density at radius 1 is 1.26 bits per heavy atom. The number of benzene rings is 1. The molecule has 0 saturated carbocycles. The van der Waals surface area contributed by atoms with Crippen molar-refractivity contribution in [2.75, 3.05) is 5.75 Å². The number of hydrogen-bond donors (Lipinski definition) is 2. The average molecular weight is 344 g/mol. The van der Waals surface area contributed by atoms with Crippen LogP contribution in [0.4, 0.5) is 0 Å². The second-order valence-electron chi connectivity index (χ2n) is 3.94. The summed E-state index contributed by atoms with van der Waals surface area (Å²) in [4.78, 5) is 10.8. The maximum absolute atomic E-state index is 10.8. The van der Waals surface area contributed by atoms with Crippen LogP contribution >= 0.6 is 46.6 Å². The molecule has 1 rings (SSSR count). The van der Waals surface area contributed by atoms with Gasteiger partial charge in [0.15, 0.2) is 5.12 Å². The van der Waals surface area contributed by atoms with Gasteiger partial charge in [0.25, 0.3) is 0 Å². The van der Waals surface area contributed by atoms with Crippen LogP contribution in [0.15, 0.2) is 12.1 Å². The van der Waals surface area contributed by atoms with Crippen molar-refractivity contribution in [3.05, 3.63) is 32.8 Å². The molecule has 0 radical (unpaired) electrons. The van der Waals surface area contributed by atoms with Crippen molar-refractivity contribution in [1.29, 1.82) is 0 Å². The van der Waals surface area contributed by atoms with E-state index < -0.39 is 12.2 Å². The first kappa shape index (κ1) is 17.1. The lowest BCUT2D eigenvalue weighted by Crippen LogP contribution is -2.19. The quantitative estimate of drug-likeness (QED) is 0.800. The van der Waals surface area contributed by atoms with E-state index in [0.29, 0.717) is 11.3 Å². The molecule has 0 heterocycles. The van der Waals surface area contributed by atoms with Crippen LogP contribution in [0.5, 0.6) is 0 Å². The van der Waals surface area contributed by atoms with E-state index in [1.165, 1.54) is 19.1 Å². The monoisotopic (exact) mass is 342 g/mol. The highest BCUT2D eigenvalue weighted by Crippen LogP contribution is 2.34. The Balaban J connectivity index is 2.71. The minimum absolute atomic E-state index is 0.0285. The Morgan fingerprint density at radius 3 is 2.26 bits per heavy atom. The SMILES string of the molecule is CC(=O)SCCC(O)C(O)c1cc(Cl)c(Cl)c(Cl)c1. The minimum Gasteiger partial charge on any atom is -0.390 e. The lowest BCUT2D eigenvalue weighted by atomic mass is 10.0. The van der Waals surface area contributed by atoms with Crippen LogP contribution in [0.3, 0.4) is 0 Å². The molecule has 0 aliphatic carbocycles. The van der Waals surface area contributed by atoms with E-state index in [-0.39, 0.29) is 26.6 Å². The van der Waals surface area contributed by atoms with Crippen molar-refractivity contribution >= 4 is 51.7 Å². The molecule has 0 spiro atoms. The van der Waals surface area contributed by atoms with Crippen molar-refractivity contribution in [3.63, 3.8) is 0 Å². The number of hydrogen-bond acceptors (Lipinski definition) is 4. The fraction of sp³-hybridized carbons (Fsp3) is 0.417. The number of carbonyl (C=O) groups excluding carboxylic acids is 1. The normalized spacial score (nSPS) is 14.2. The van der Waals surface area contributed by atoms with Gasteiger partial charge in [-0.05, 0) is 24.1 Å². The number of halogens is 3. The molecule has 0 fully saturated rings. The highest BCUT2D eigenvalue weighted by atomic mass is 35.5. The summed E-state index contributed by atoms with van der Waals surface area (Å²) in [5, 5.41) is 20.4. The molecule has 2 atom stereocenters. The summed E-state index contributed by atoms with van der Waals surface area (Å²) in [5.41, 5.74) is 0.389. The van der Waals surface area contributed by atoms with Crippen LogP contribution in [-0.2, 0) is 4.79 Å². The molecule has 0 saturated heterocycles. The highest BCUT2D eigenvalue weighted by Gasteiger charge is 2.20. The molecule has 1 aromatic carbocycles. The molecule has 19 heavy (non-hydrogen) atoms. The zero-order chi connectivity index (χ0) is 14.6. The average Bonchev–Trinajstić information content (AvgIpc) is 2.33. The molecule has 0 aromatic heterocycles. The molecule has 1 aromatic rings. The molecule has 0 bridgehead atoms. The predicted octanol–water partition coefficient (Wildman–Crippen LogP) is 3.71. The third-order valence-corrected chi connectivity index (χ3v) is 4.47. The van der Waals surface area contributed by atoms with E-state index in [9.17, 15) is 15.0 Å². The van der Waals surface area contributed by atoms with E-state index in [1.807, 2.05) is 0 Å². The third kappa shape index (κ3) is 5.14. The van der Waals surface area contributed by atoms with Crippen molar-refractivity contribution in [1.82, 2.24) is 0 Å². The van der Waals surface area contributed by atoms with Gasteiger partial charge in [-0.15, -0.1) is 0 Å². The maximum atomic E-state index is 10.8. The lowest BCUT2D eigenvalue weighted by molar-refractivity contribution is -0.109. The van der Waals surface area contributed by atoms with Gasteiger partial charge in [-0.1, -0.05) is 46.6 Å². The molecule has 3 nitrogen and oxygen atoms in total. The minimum atomic E-state index is -1.13. The number of carbonyl (C=O) groups is 1. The number of aliphatic hydroxyl groups excluding tert-OH is 2. The molecule has 2 unspecified atom stereocenters. The second-order valence-corrected chi connectivity index (χ2v) is 6.40. The van der Waals surface area contributed by atoms with Crippen LogP contribution in [-0.4, -0.2) is 27.2 Å². The number of thioether (sulfide) groups is 1. The van der Waals surface area contributed by atoms with Crippen LogP contribution in [0.1, 0.15) is 25.0 Å². The summed E-state index contributed by atoms with van der Waals surface area (Å²) < 4.78 is 0. The van der Waals surface area contributed by atoms with E-state index in [1.54, 1.807) is 0 Å². The standard InChI is InChI=1S/C12H13Cl3O3S/c1-6(16)19-3-2-10(17)12(18)7-4-8(13)11(15)9(14)5-7/h4-5,10,12,17-18H,2-3H2,1H3. The van der Waals surface area contributed by atoms with E-state index in [4.69, 9.17) is 34.8 Å². The molecule has 106 valence electrons. The molecule has 2 N–H and O–H groups in total. The fourth-order valence-corrected chi connectivity index (χ4v) is 2.71. The van der Waals surface area contributed by atoms with Gasteiger partial charge in [0.05, 0.1) is 21.2 Å². The Bertz CT molecular complexity index is 445. The van der Waals surface area contributed by atoms with Crippen LogP contribution in [0.25, 0.3) is 0 Å². The fourth-order valence-electron chi connectivity index (χ4n) is 1.45. The van der Waals surface area contributed by atoms with Gasteiger partial charge in [-0.2, -0.15) is 0 Å². The summed E-state index contributed by atoms with van der Waals surface area (Å²) in [6.07, 6.45) is -1.84.